The van der Waals surface area contributed by atoms with E-state index in [9.17, 15) is 0 Å². The molecule has 2 aliphatic heterocycles. The lowest BCUT2D eigenvalue weighted by Crippen LogP contribution is -2.39. The monoisotopic (exact) mass is 158 g/mol. The van der Waals surface area contributed by atoms with Crippen LogP contribution in [0.1, 0.15) is 12.8 Å². The zero-order valence-electron chi connectivity index (χ0n) is 7.07. The summed E-state index contributed by atoms with van der Waals surface area (Å²) in [5.41, 5.74) is 0. The molecule has 0 aromatic carbocycles. The summed E-state index contributed by atoms with van der Waals surface area (Å²) >= 11 is 0. The first kappa shape index (κ1) is 8.97. The van der Waals surface area contributed by atoms with Gasteiger partial charge in [0.15, 0.2) is 0 Å². The van der Waals surface area contributed by atoms with E-state index in [1.165, 1.54) is 12.8 Å². The maximum absolute atomic E-state index is 4.94. The van der Waals surface area contributed by atoms with Crippen molar-refractivity contribution in [3.63, 3.8) is 0 Å². The van der Waals surface area contributed by atoms with E-state index in [1.807, 2.05) is 0 Å². The number of ether oxygens (including phenoxy) is 1. The fraction of sp³-hybridized carbons (Fsp3) is 1.00. The van der Waals surface area contributed by atoms with E-state index in [2.05, 4.69) is 10.6 Å². The van der Waals surface area contributed by atoms with Crippen LogP contribution in [0.25, 0.3) is 0 Å². The molecular formula is C8H18N2O. The number of piperazine rings is 1. The van der Waals surface area contributed by atoms with E-state index in [1.54, 1.807) is 0 Å². The minimum Gasteiger partial charge on any atom is -0.381 e. The van der Waals surface area contributed by atoms with Gasteiger partial charge in [-0.3, -0.25) is 0 Å². The second kappa shape index (κ2) is 6.58. The van der Waals surface area contributed by atoms with Crippen molar-refractivity contribution in [3.05, 3.63) is 0 Å². The Bertz CT molecular complexity index is 61.0. The molecular weight excluding hydrogens is 140 g/mol. The molecule has 0 atom stereocenters. The van der Waals surface area contributed by atoms with Crippen LogP contribution in [0.3, 0.4) is 0 Å². The zero-order valence-corrected chi connectivity index (χ0v) is 7.07. The first-order chi connectivity index (χ1) is 5.50. The largest absolute Gasteiger partial charge is 0.381 e. The Labute approximate surface area is 68.5 Å². The van der Waals surface area contributed by atoms with Crippen molar-refractivity contribution in [2.45, 2.75) is 12.8 Å². The van der Waals surface area contributed by atoms with Crippen LogP contribution < -0.4 is 10.6 Å². The first-order valence-corrected chi connectivity index (χ1v) is 4.49. The summed E-state index contributed by atoms with van der Waals surface area (Å²) in [6.07, 6.45) is 2.56. The Morgan fingerprint density at radius 3 is 1.36 bits per heavy atom. The van der Waals surface area contributed by atoms with Gasteiger partial charge >= 0.3 is 0 Å². The van der Waals surface area contributed by atoms with Crippen LogP contribution in [0.2, 0.25) is 0 Å². The number of rotatable bonds is 0. The molecule has 11 heavy (non-hydrogen) atoms. The van der Waals surface area contributed by atoms with Crippen LogP contribution >= 0.6 is 0 Å². The highest BCUT2D eigenvalue weighted by atomic mass is 16.5. The van der Waals surface area contributed by atoms with Crippen LogP contribution in [-0.2, 0) is 4.74 Å². The Morgan fingerprint density at radius 1 is 0.727 bits per heavy atom. The molecule has 3 nitrogen and oxygen atoms in total. The minimum atomic E-state index is 1.00. The molecule has 0 aromatic heterocycles. The van der Waals surface area contributed by atoms with Gasteiger partial charge in [-0.1, -0.05) is 0 Å². The van der Waals surface area contributed by atoms with Gasteiger partial charge in [-0.15, -0.1) is 0 Å². The van der Waals surface area contributed by atoms with Crippen LogP contribution in [0, 0.1) is 0 Å². The lowest BCUT2D eigenvalue weighted by atomic mass is 10.4. The smallest absolute Gasteiger partial charge is 0.0466 e. The van der Waals surface area contributed by atoms with E-state index < -0.39 is 0 Å². The van der Waals surface area contributed by atoms with Crippen LogP contribution in [-0.4, -0.2) is 39.4 Å². The van der Waals surface area contributed by atoms with E-state index in [4.69, 9.17) is 4.74 Å². The highest BCUT2D eigenvalue weighted by molar-refractivity contribution is 4.59. The summed E-state index contributed by atoms with van der Waals surface area (Å²) in [6, 6.07) is 0. The fourth-order valence-corrected chi connectivity index (χ4v) is 1.11. The van der Waals surface area contributed by atoms with Gasteiger partial charge in [0.2, 0.25) is 0 Å². The van der Waals surface area contributed by atoms with Crippen molar-refractivity contribution in [2.24, 2.45) is 0 Å². The van der Waals surface area contributed by atoms with Crippen molar-refractivity contribution in [1.29, 1.82) is 0 Å². The highest BCUT2D eigenvalue weighted by Crippen LogP contribution is 1.98. The lowest BCUT2D eigenvalue weighted by molar-refractivity contribution is 0.198. The Balaban J connectivity index is 0.000000112. The van der Waals surface area contributed by atoms with E-state index >= 15 is 0 Å². The Morgan fingerprint density at radius 2 is 1.18 bits per heavy atom. The minimum absolute atomic E-state index is 1.00. The first-order valence-electron chi connectivity index (χ1n) is 4.49. The molecule has 0 saturated carbocycles. The molecule has 2 rings (SSSR count). The quantitative estimate of drug-likeness (QED) is 0.519. The van der Waals surface area contributed by atoms with Crippen LogP contribution in [0.5, 0.6) is 0 Å². The molecule has 0 aliphatic carbocycles. The van der Waals surface area contributed by atoms with Gasteiger partial charge in [-0.05, 0) is 12.8 Å². The third kappa shape index (κ3) is 5.18. The van der Waals surface area contributed by atoms with Crippen LogP contribution in [0.4, 0.5) is 0 Å². The maximum atomic E-state index is 4.94. The van der Waals surface area contributed by atoms with Gasteiger partial charge < -0.3 is 15.4 Å². The molecule has 0 radical (unpaired) electrons. The Hall–Kier alpha value is -0.120. The van der Waals surface area contributed by atoms with Gasteiger partial charge in [0.05, 0.1) is 0 Å². The molecule has 66 valence electrons. The van der Waals surface area contributed by atoms with Crippen molar-refractivity contribution < 1.29 is 4.74 Å². The van der Waals surface area contributed by atoms with Gasteiger partial charge in [0, 0.05) is 39.4 Å². The molecule has 3 heteroatoms. The molecule has 2 saturated heterocycles. The van der Waals surface area contributed by atoms with E-state index in [-0.39, 0.29) is 0 Å². The predicted molar refractivity (Wildman–Crippen MR) is 45.8 cm³/mol. The zero-order chi connectivity index (χ0) is 7.78. The number of hydrogen-bond acceptors (Lipinski definition) is 3. The van der Waals surface area contributed by atoms with Gasteiger partial charge in [0.1, 0.15) is 0 Å². The second-order valence-corrected chi connectivity index (χ2v) is 2.82. The molecule has 0 aromatic rings. The standard InChI is InChI=1S/C4H10N2.C4H8O/c1-2-6-4-3-5-1;1-2-4-5-3-1/h5-6H,1-4H2;1-4H2. The SMILES string of the molecule is C1CCOC1.C1CNCCN1. The summed E-state index contributed by atoms with van der Waals surface area (Å²) in [6.45, 7) is 6.56. The van der Waals surface area contributed by atoms with E-state index in [0.29, 0.717) is 0 Å². The molecule has 0 unspecified atom stereocenters. The summed E-state index contributed by atoms with van der Waals surface area (Å²) in [5.74, 6) is 0. The molecule has 2 heterocycles. The second-order valence-electron chi connectivity index (χ2n) is 2.82. The third-order valence-electron chi connectivity index (χ3n) is 1.78. The van der Waals surface area contributed by atoms with Crippen molar-refractivity contribution in [3.8, 4) is 0 Å². The highest BCUT2D eigenvalue weighted by Gasteiger charge is 1.94. The molecule has 0 amide bonds. The summed E-state index contributed by atoms with van der Waals surface area (Å²) < 4.78 is 4.94. The molecule has 0 bridgehead atoms. The fourth-order valence-electron chi connectivity index (χ4n) is 1.11. The maximum Gasteiger partial charge on any atom is 0.0466 e. The van der Waals surface area contributed by atoms with Gasteiger partial charge in [0.25, 0.3) is 0 Å². The molecule has 0 spiro atoms. The summed E-state index contributed by atoms with van der Waals surface area (Å²) in [4.78, 5) is 0. The molecule has 2 N–H and O–H groups in total. The topological polar surface area (TPSA) is 33.3 Å². The summed E-state index contributed by atoms with van der Waals surface area (Å²) in [5, 5.41) is 6.44. The Kier molecular flexibility index (Phi) is 5.37. The van der Waals surface area contributed by atoms with Crippen molar-refractivity contribution in [2.75, 3.05) is 39.4 Å². The molecule has 2 aliphatic rings. The normalized spacial score (nSPS) is 24.0. The van der Waals surface area contributed by atoms with Crippen molar-refractivity contribution in [1.82, 2.24) is 10.6 Å². The summed E-state index contributed by atoms with van der Waals surface area (Å²) in [7, 11) is 0. The number of hydrogen-bond donors (Lipinski definition) is 2. The average Bonchev–Trinajstić information content (AvgIpc) is 2.64. The third-order valence-corrected chi connectivity index (χ3v) is 1.78. The lowest BCUT2D eigenvalue weighted by Gasteiger charge is -2.11. The molecule has 2 fully saturated rings. The van der Waals surface area contributed by atoms with Gasteiger partial charge in [-0.25, -0.2) is 0 Å². The van der Waals surface area contributed by atoms with E-state index in [0.717, 1.165) is 39.4 Å². The van der Waals surface area contributed by atoms with Crippen LogP contribution in [0.15, 0.2) is 0 Å². The predicted octanol–water partition coefficient (Wildman–Crippen LogP) is -0.0240. The van der Waals surface area contributed by atoms with Crippen molar-refractivity contribution >= 4 is 0 Å². The number of nitrogens with one attached hydrogen (secondary N) is 2. The van der Waals surface area contributed by atoms with Gasteiger partial charge in [-0.2, -0.15) is 0 Å². The average molecular weight is 158 g/mol.